The molecule has 1 heterocycles. The normalized spacial score (nSPS) is 15.6. The summed E-state index contributed by atoms with van der Waals surface area (Å²) >= 11 is 0. The van der Waals surface area contributed by atoms with Gasteiger partial charge in [0.2, 0.25) is 0 Å². The SMILES string of the molecule is COc1cccc2c1CCN(CCCC(=O)O)CC2. The molecule has 0 aliphatic carbocycles. The zero-order valence-electron chi connectivity index (χ0n) is 11.4. The quantitative estimate of drug-likeness (QED) is 0.882. The van der Waals surface area contributed by atoms with Crippen molar-refractivity contribution in [1.29, 1.82) is 0 Å². The molecule has 0 radical (unpaired) electrons. The Kier molecular flexibility index (Phi) is 4.80. The molecule has 1 aromatic rings. The van der Waals surface area contributed by atoms with E-state index in [4.69, 9.17) is 9.84 Å². The smallest absolute Gasteiger partial charge is 0.303 e. The van der Waals surface area contributed by atoms with E-state index in [0.717, 1.165) is 44.6 Å². The predicted octanol–water partition coefficient (Wildman–Crippen LogP) is 1.96. The van der Waals surface area contributed by atoms with Crippen LogP contribution in [0.1, 0.15) is 24.0 Å². The molecule has 104 valence electrons. The van der Waals surface area contributed by atoms with Crippen LogP contribution >= 0.6 is 0 Å². The topological polar surface area (TPSA) is 49.8 Å². The van der Waals surface area contributed by atoms with E-state index in [1.165, 1.54) is 11.1 Å². The summed E-state index contributed by atoms with van der Waals surface area (Å²) in [6.07, 6.45) is 2.97. The molecule has 0 bridgehead atoms. The van der Waals surface area contributed by atoms with Crippen molar-refractivity contribution >= 4 is 5.97 Å². The summed E-state index contributed by atoms with van der Waals surface area (Å²) in [5.41, 5.74) is 2.67. The van der Waals surface area contributed by atoms with Crippen molar-refractivity contribution in [2.24, 2.45) is 0 Å². The van der Waals surface area contributed by atoms with Crippen molar-refractivity contribution in [1.82, 2.24) is 4.90 Å². The number of nitrogens with zero attached hydrogens (tertiary/aromatic N) is 1. The lowest BCUT2D eigenvalue weighted by Gasteiger charge is -2.18. The zero-order chi connectivity index (χ0) is 13.7. The van der Waals surface area contributed by atoms with E-state index in [1.54, 1.807) is 7.11 Å². The maximum Gasteiger partial charge on any atom is 0.303 e. The Morgan fingerprint density at radius 2 is 2.16 bits per heavy atom. The summed E-state index contributed by atoms with van der Waals surface area (Å²) in [5, 5.41) is 8.67. The van der Waals surface area contributed by atoms with Gasteiger partial charge >= 0.3 is 5.97 Å². The minimum atomic E-state index is -0.709. The van der Waals surface area contributed by atoms with Crippen LogP contribution in [0, 0.1) is 0 Å². The maximum atomic E-state index is 10.5. The molecule has 19 heavy (non-hydrogen) atoms. The number of carboxylic acid groups (broad SMARTS) is 1. The third kappa shape index (κ3) is 3.70. The van der Waals surface area contributed by atoms with Crippen LogP contribution in [0.25, 0.3) is 0 Å². The number of carbonyl (C=O) groups is 1. The molecule has 4 heteroatoms. The molecule has 0 aromatic heterocycles. The molecule has 0 fully saturated rings. The third-order valence-electron chi connectivity index (χ3n) is 3.69. The van der Waals surface area contributed by atoms with Gasteiger partial charge in [0.1, 0.15) is 5.75 Å². The van der Waals surface area contributed by atoms with E-state index in [0.29, 0.717) is 0 Å². The van der Waals surface area contributed by atoms with Crippen molar-refractivity contribution < 1.29 is 14.6 Å². The van der Waals surface area contributed by atoms with E-state index in [-0.39, 0.29) is 6.42 Å². The number of aliphatic carboxylic acids is 1. The Hall–Kier alpha value is -1.55. The lowest BCUT2D eigenvalue weighted by atomic mass is 10.0. The summed E-state index contributed by atoms with van der Waals surface area (Å²) in [6.45, 7) is 2.84. The van der Waals surface area contributed by atoms with Crippen LogP contribution in [0.15, 0.2) is 18.2 Å². The fraction of sp³-hybridized carbons (Fsp3) is 0.533. The Balaban J connectivity index is 1.95. The van der Waals surface area contributed by atoms with Crippen LogP contribution in [0.4, 0.5) is 0 Å². The maximum absolute atomic E-state index is 10.5. The molecule has 0 saturated heterocycles. The second kappa shape index (κ2) is 6.57. The van der Waals surface area contributed by atoms with E-state index in [1.807, 2.05) is 12.1 Å². The fourth-order valence-electron chi connectivity index (χ4n) is 2.66. The molecule has 0 amide bonds. The number of ether oxygens (including phenoxy) is 1. The first-order valence-electron chi connectivity index (χ1n) is 6.79. The van der Waals surface area contributed by atoms with E-state index >= 15 is 0 Å². The summed E-state index contributed by atoms with van der Waals surface area (Å²) in [5.74, 6) is 0.268. The van der Waals surface area contributed by atoms with E-state index in [2.05, 4.69) is 11.0 Å². The highest BCUT2D eigenvalue weighted by Crippen LogP contribution is 2.25. The molecule has 0 unspecified atom stereocenters. The van der Waals surface area contributed by atoms with E-state index < -0.39 is 5.97 Å². The van der Waals surface area contributed by atoms with Crippen molar-refractivity contribution in [3.63, 3.8) is 0 Å². The highest BCUT2D eigenvalue weighted by molar-refractivity contribution is 5.66. The number of hydrogen-bond donors (Lipinski definition) is 1. The van der Waals surface area contributed by atoms with Crippen LogP contribution in [0.2, 0.25) is 0 Å². The first kappa shape index (κ1) is 13.9. The van der Waals surface area contributed by atoms with Crippen LogP contribution < -0.4 is 4.74 Å². The van der Waals surface area contributed by atoms with Crippen molar-refractivity contribution in [2.45, 2.75) is 25.7 Å². The van der Waals surface area contributed by atoms with E-state index in [9.17, 15) is 4.79 Å². The molecule has 0 saturated carbocycles. The molecule has 4 nitrogen and oxygen atoms in total. The van der Waals surface area contributed by atoms with Gasteiger partial charge in [-0.3, -0.25) is 4.79 Å². The summed E-state index contributed by atoms with van der Waals surface area (Å²) in [6, 6.07) is 6.22. The van der Waals surface area contributed by atoms with Crippen molar-refractivity contribution in [2.75, 3.05) is 26.7 Å². The van der Waals surface area contributed by atoms with Crippen LogP contribution in [-0.4, -0.2) is 42.7 Å². The summed E-state index contributed by atoms with van der Waals surface area (Å²) in [4.78, 5) is 12.9. The number of fused-ring (bicyclic) bond motifs is 1. The monoisotopic (exact) mass is 263 g/mol. The molecular weight excluding hydrogens is 242 g/mol. The number of carboxylic acids is 1. The van der Waals surface area contributed by atoms with Crippen LogP contribution in [0.5, 0.6) is 5.75 Å². The van der Waals surface area contributed by atoms with Gasteiger partial charge in [-0.1, -0.05) is 12.1 Å². The van der Waals surface area contributed by atoms with Gasteiger partial charge in [0, 0.05) is 19.5 Å². The van der Waals surface area contributed by atoms with Gasteiger partial charge in [0.15, 0.2) is 0 Å². The lowest BCUT2D eigenvalue weighted by Crippen LogP contribution is -2.27. The van der Waals surface area contributed by atoms with Gasteiger partial charge < -0.3 is 14.7 Å². The minimum Gasteiger partial charge on any atom is -0.496 e. The Morgan fingerprint density at radius 3 is 2.89 bits per heavy atom. The second-order valence-electron chi connectivity index (χ2n) is 4.94. The van der Waals surface area contributed by atoms with Gasteiger partial charge in [-0.2, -0.15) is 0 Å². The highest BCUT2D eigenvalue weighted by atomic mass is 16.5. The molecule has 1 aliphatic rings. The zero-order valence-corrected chi connectivity index (χ0v) is 11.4. The summed E-state index contributed by atoms with van der Waals surface area (Å²) < 4.78 is 5.42. The lowest BCUT2D eigenvalue weighted by molar-refractivity contribution is -0.137. The molecule has 1 N–H and O–H groups in total. The molecular formula is C15H21NO3. The summed E-state index contributed by atoms with van der Waals surface area (Å²) in [7, 11) is 1.71. The average molecular weight is 263 g/mol. The predicted molar refractivity (Wildman–Crippen MR) is 73.7 cm³/mol. The largest absolute Gasteiger partial charge is 0.496 e. The van der Waals surface area contributed by atoms with Gasteiger partial charge in [-0.25, -0.2) is 0 Å². The molecule has 2 rings (SSSR count). The number of rotatable bonds is 5. The average Bonchev–Trinajstić information content (AvgIpc) is 2.61. The van der Waals surface area contributed by atoms with Gasteiger partial charge in [0.05, 0.1) is 7.11 Å². The first-order chi connectivity index (χ1) is 9.20. The van der Waals surface area contributed by atoms with Crippen molar-refractivity contribution in [3.8, 4) is 5.75 Å². The second-order valence-corrected chi connectivity index (χ2v) is 4.94. The highest BCUT2D eigenvalue weighted by Gasteiger charge is 2.16. The minimum absolute atomic E-state index is 0.257. The van der Waals surface area contributed by atoms with Crippen LogP contribution in [-0.2, 0) is 17.6 Å². The van der Waals surface area contributed by atoms with Crippen LogP contribution in [0.3, 0.4) is 0 Å². The molecule has 1 aliphatic heterocycles. The Morgan fingerprint density at radius 1 is 1.37 bits per heavy atom. The van der Waals surface area contributed by atoms with Gasteiger partial charge in [-0.05, 0) is 43.0 Å². The van der Waals surface area contributed by atoms with Gasteiger partial charge in [-0.15, -0.1) is 0 Å². The number of benzene rings is 1. The Bertz CT molecular complexity index is 445. The third-order valence-corrected chi connectivity index (χ3v) is 3.69. The molecule has 0 atom stereocenters. The first-order valence-corrected chi connectivity index (χ1v) is 6.79. The molecule has 1 aromatic carbocycles. The molecule has 0 spiro atoms. The van der Waals surface area contributed by atoms with Gasteiger partial charge in [0.25, 0.3) is 0 Å². The fourth-order valence-corrected chi connectivity index (χ4v) is 2.66. The number of hydrogen-bond acceptors (Lipinski definition) is 3. The Labute approximate surface area is 114 Å². The standard InChI is InChI=1S/C15H21NO3/c1-19-14-5-2-4-12-7-10-16(11-8-13(12)14)9-3-6-15(17)18/h2,4-5H,3,6-11H2,1H3,(H,17,18). The number of methoxy groups -OCH3 is 1. The van der Waals surface area contributed by atoms with Crippen molar-refractivity contribution in [3.05, 3.63) is 29.3 Å².